The molecule has 28 heavy (non-hydrogen) atoms. The van der Waals surface area contributed by atoms with Crippen LogP contribution in [0.1, 0.15) is 53.9 Å². The van der Waals surface area contributed by atoms with Gasteiger partial charge in [0.2, 0.25) is 0 Å². The zero-order valence-electron chi connectivity index (χ0n) is 17.8. The first-order valence-electron chi connectivity index (χ1n) is 9.92. The van der Waals surface area contributed by atoms with Crippen molar-refractivity contribution in [1.29, 1.82) is 0 Å². The van der Waals surface area contributed by atoms with Gasteiger partial charge in [-0.25, -0.2) is 0 Å². The summed E-state index contributed by atoms with van der Waals surface area (Å²) in [5.74, 6) is -3.39. The molecule has 1 rings (SSSR count). The molecule has 0 saturated carbocycles. The number of aliphatic carboxylic acids is 1. The second-order valence-electron chi connectivity index (χ2n) is 8.20. The Kier molecular flexibility index (Phi) is 9.85. The van der Waals surface area contributed by atoms with E-state index in [1.807, 2.05) is 20.5 Å². The first kappa shape index (κ1) is 24.8. The Labute approximate surface area is 169 Å². The van der Waals surface area contributed by atoms with E-state index in [0.29, 0.717) is 20.9 Å². The summed E-state index contributed by atoms with van der Waals surface area (Å²) in [5, 5.41) is 8.79. The molecule has 7 nitrogen and oxygen atoms in total. The predicted molar refractivity (Wildman–Crippen MR) is 108 cm³/mol. The van der Waals surface area contributed by atoms with Crippen LogP contribution in [0.2, 0.25) is 0 Å². The zero-order chi connectivity index (χ0) is 21.5. The number of carboxylic acid groups (broad SMARTS) is 1. The van der Waals surface area contributed by atoms with Crippen LogP contribution in [0.4, 0.5) is 0 Å². The molecule has 0 aliphatic carbocycles. The summed E-state index contributed by atoms with van der Waals surface area (Å²) >= 11 is 0. The smallest absolute Gasteiger partial charge is 0.315 e. The minimum atomic E-state index is -1.06. The molecule has 0 radical (unpaired) electrons. The van der Waals surface area contributed by atoms with Crippen LogP contribution in [0, 0.1) is 17.8 Å². The molecule has 0 spiro atoms. The van der Waals surface area contributed by atoms with E-state index >= 15 is 0 Å². The fourth-order valence-electron chi connectivity index (χ4n) is 3.57. The van der Waals surface area contributed by atoms with Crippen LogP contribution in [-0.4, -0.2) is 60.3 Å². The Hall–Kier alpha value is -1.20. The summed E-state index contributed by atoms with van der Waals surface area (Å²) in [6.45, 7) is 11.2. The lowest BCUT2D eigenvalue weighted by Gasteiger charge is -2.28. The first-order chi connectivity index (χ1) is 13.0. The Morgan fingerprint density at radius 1 is 1.18 bits per heavy atom. The van der Waals surface area contributed by atoms with Crippen molar-refractivity contribution in [3.63, 3.8) is 0 Å². The molecule has 6 unspecified atom stereocenters. The van der Waals surface area contributed by atoms with Gasteiger partial charge in [-0.3, -0.25) is 14.4 Å². The van der Waals surface area contributed by atoms with Crippen LogP contribution < -0.4 is 0 Å². The van der Waals surface area contributed by atoms with Gasteiger partial charge >= 0.3 is 17.9 Å². The Balaban J connectivity index is 2.58. The van der Waals surface area contributed by atoms with Gasteiger partial charge in [0, 0.05) is 0 Å². The van der Waals surface area contributed by atoms with Gasteiger partial charge < -0.3 is 19.3 Å². The second-order valence-corrected chi connectivity index (χ2v) is 9.80. The predicted octanol–water partition coefficient (Wildman–Crippen LogP) is 3.09. The van der Waals surface area contributed by atoms with E-state index in [1.54, 1.807) is 0 Å². The molecule has 1 N–H and O–H groups in total. The number of carbonyl (C=O) groups excluding carboxylic acids is 2. The summed E-state index contributed by atoms with van der Waals surface area (Å²) in [6, 6.07) is 0. The third-order valence-electron chi connectivity index (χ3n) is 5.25. The Bertz CT molecular complexity index is 551. The lowest BCUT2D eigenvalue weighted by Crippen LogP contribution is -2.39. The maximum Gasteiger partial charge on any atom is 0.315 e. The van der Waals surface area contributed by atoms with Gasteiger partial charge in [-0.2, -0.15) is 0 Å². The fourth-order valence-corrected chi connectivity index (χ4v) is 4.45. The molecule has 1 heterocycles. The van der Waals surface area contributed by atoms with Crippen LogP contribution >= 0.6 is 8.58 Å². The minimum absolute atomic E-state index is 0.00392. The fraction of sp³-hybridized carbons (Fsp3) is 0.850. The molecule has 1 aliphatic heterocycles. The maximum atomic E-state index is 12.5. The molecule has 162 valence electrons. The molecule has 0 aromatic heterocycles. The quantitative estimate of drug-likeness (QED) is 0.313. The average molecular weight is 418 g/mol. The maximum absolute atomic E-state index is 12.5. The van der Waals surface area contributed by atoms with E-state index < -0.39 is 35.0 Å². The van der Waals surface area contributed by atoms with Gasteiger partial charge in [0.25, 0.3) is 0 Å². The molecule has 1 saturated heterocycles. The molecule has 0 aromatic rings. The summed E-state index contributed by atoms with van der Waals surface area (Å²) in [6.07, 6.45) is 1.67. The Morgan fingerprint density at radius 2 is 1.79 bits per heavy atom. The first-order valence-corrected chi connectivity index (χ1v) is 11.4. The van der Waals surface area contributed by atoms with E-state index in [4.69, 9.17) is 14.2 Å². The summed E-state index contributed by atoms with van der Waals surface area (Å²) in [5.41, 5.74) is 0. The molecular formula is C20H35O7P. The topological polar surface area (TPSA) is 99.1 Å². The standard InChI is InChI=1S/C20H35O7P/c1-12(2)11-20(5,28-6)19(24)26-10-9-25-18(23)16(14(4)17(21)22)15-8-7-13(3)27-15/h12-16,28H,7-11H2,1-6H3,(H,21,22). The number of hydrogen-bond donors (Lipinski definition) is 1. The second kappa shape index (κ2) is 11.1. The van der Waals surface area contributed by atoms with Crippen LogP contribution in [0.25, 0.3) is 0 Å². The summed E-state index contributed by atoms with van der Waals surface area (Å²) in [4.78, 5) is 36.3. The molecular weight excluding hydrogens is 383 g/mol. The van der Waals surface area contributed by atoms with Gasteiger partial charge in [-0.1, -0.05) is 20.8 Å². The van der Waals surface area contributed by atoms with Crippen molar-refractivity contribution < 1.29 is 33.7 Å². The molecule has 0 aromatic carbocycles. The van der Waals surface area contributed by atoms with Gasteiger partial charge in [-0.15, -0.1) is 8.58 Å². The van der Waals surface area contributed by atoms with E-state index in [0.717, 1.165) is 12.8 Å². The van der Waals surface area contributed by atoms with Crippen LogP contribution in [0.5, 0.6) is 0 Å². The number of rotatable bonds is 11. The summed E-state index contributed by atoms with van der Waals surface area (Å²) in [7, 11) is 0.409. The Morgan fingerprint density at radius 3 is 2.25 bits per heavy atom. The van der Waals surface area contributed by atoms with E-state index in [1.165, 1.54) is 6.92 Å². The van der Waals surface area contributed by atoms with Crippen molar-refractivity contribution in [3.8, 4) is 0 Å². The normalized spacial score (nSPS) is 24.1. The van der Waals surface area contributed by atoms with Crippen LogP contribution in [0.3, 0.4) is 0 Å². The minimum Gasteiger partial charge on any atom is -0.481 e. The van der Waals surface area contributed by atoms with Crippen molar-refractivity contribution in [2.24, 2.45) is 17.8 Å². The molecule has 8 heteroatoms. The van der Waals surface area contributed by atoms with Crippen molar-refractivity contribution in [2.45, 2.75) is 71.2 Å². The largest absolute Gasteiger partial charge is 0.481 e. The van der Waals surface area contributed by atoms with E-state index in [2.05, 4.69) is 13.8 Å². The highest BCUT2D eigenvalue weighted by Crippen LogP contribution is 2.36. The number of carboxylic acids is 1. The van der Waals surface area contributed by atoms with Crippen molar-refractivity contribution >= 4 is 26.5 Å². The molecule has 0 bridgehead atoms. The third kappa shape index (κ3) is 7.00. The van der Waals surface area contributed by atoms with Crippen LogP contribution in [-0.2, 0) is 28.6 Å². The van der Waals surface area contributed by atoms with Gasteiger partial charge in [0.05, 0.1) is 29.2 Å². The third-order valence-corrected chi connectivity index (χ3v) is 6.76. The highest BCUT2D eigenvalue weighted by atomic mass is 31.1. The van der Waals surface area contributed by atoms with Crippen molar-refractivity contribution in [1.82, 2.24) is 0 Å². The highest BCUT2D eigenvalue weighted by Gasteiger charge is 2.42. The number of hydrogen-bond acceptors (Lipinski definition) is 6. The summed E-state index contributed by atoms with van der Waals surface area (Å²) < 4.78 is 16.3. The lowest BCUT2D eigenvalue weighted by atomic mass is 9.87. The van der Waals surface area contributed by atoms with Crippen molar-refractivity contribution in [3.05, 3.63) is 0 Å². The monoisotopic (exact) mass is 418 g/mol. The van der Waals surface area contributed by atoms with E-state index in [-0.39, 0.29) is 25.3 Å². The SMILES string of the molecule is CPC(C)(CC(C)C)C(=O)OCCOC(=O)C(C1CCC(C)O1)C(C)C(=O)O. The van der Waals surface area contributed by atoms with Crippen LogP contribution in [0.15, 0.2) is 0 Å². The number of esters is 2. The number of carbonyl (C=O) groups is 3. The molecule has 1 fully saturated rings. The van der Waals surface area contributed by atoms with E-state index in [9.17, 15) is 19.5 Å². The molecule has 1 aliphatic rings. The zero-order valence-corrected chi connectivity index (χ0v) is 18.8. The van der Waals surface area contributed by atoms with Gasteiger partial charge in [0.15, 0.2) is 0 Å². The highest BCUT2D eigenvalue weighted by molar-refractivity contribution is 7.40. The molecule has 0 amide bonds. The van der Waals surface area contributed by atoms with Gasteiger partial charge in [0.1, 0.15) is 13.2 Å². The average Bonchev–Trinajstić information content (AvgIpc) is 3.03. The lowest BCUT2D eigenvalue weighted by molar-refractivity contribution is -0.166. The molecule has 6 atom stereocenters. The van der Waals surface area contributed by atoms with Gasteiger partial charge in [-0.05, 0) is 45.7 Å². The van der Waals surface area contributed by atoms with Crippen molar-refractivity contribution in [2.75, 3.05) is 19.9 Å². The number of ether oxygens (including phenoxy) is 3.